The van der Waals surface area contributed by atoms with E-state index in [2.05, 4.69) is 15.8 Å². The summed E-state index contributed by atoms with van der Waals surface area (Å²) in [6.45, 7) is 2.15. The molecule has 2 amide bonds. The molecule has 30 heavy (non-hydrogen) atoms. The minimum atomic E-state index is -0.867. The lowest BCUT2D eigenvalue weighted by Gasteiger charge is -2.07. The topological polar surface area (TPSA) is 79.8 Å². The number of nitrogens with one attached hydrogen (secondary N) is 2. The van der Waals surface area contributed by atoms with E-state index in [0.717, 1.165) is 11.1 Å². The van der Waals surface area contributed by atoms with Gasteiger partial charge in [-0.2, -0.15) is 5.10 Å². The van der Waals surface area contributed by atoms with Crippen LogP contribution in [-0.4, -0.2) is 18.0 Å². The molecule has 3 aromatic rings. The number of hydrogen-bond acceptors (Lipinski definition) is 4. The molecule has 0 fully saturated rings. The van der Waals surface area contributed by atoms with Crippen LogP contribution in [-0.2, 0) is 16.2 Å². The number of aryl methyl sites for hydroxylation is 1. The fourth-order valence-corrected chi connectivity index (χ4v) is 2.51. The van der Waals surface area contributed by atoms with Crippen LogP contribution >= 0.6 is 0 Å². The SMILES string of the molecule is Cc1ccccc1NC(=O)C(=O)N/N=C\c1ccc(OCc2ccc(F)cc2)cc1. The number of ether oxygens (including phenoxy) is 1. The summed E-state index contributed by atoms with van der Waals surface area (Å²) in [6, 6.07) is 20.2. The Balaban J connectivity index is 1.47. The average Bonchev–Trinajstić information content (AvgIpc) is 2.76. The zero-order valence-electron chi connectivity index (χ0n) is 16.3. The molecule has 0 aromatic heterocycles. The van der Waals surface area contributed by atoms with Crippen LogP contribution in [0.2, 0.25) is 0 Å². The van der Waals surface area contributed by atoms with E-state index in [9.17, 15) is 14.0 Å². The van der Waals surface area contributed by atoms with Gasteiger partial charge in [-0.3, -0.25) is 9.59 Å². The minimum Gasteiger partial charge on any atom is -0.489 e. The van der Waals surface area contributed by atoms with E-state index in [0.29, 0.717) is 23.6 Å². The van der Waals surface area contributed by atoms with Crippen molar-refractivity contribution >= 4 is 23.7 Å². The largest absolute Gasteiger partial charge is 0.489 e. The third-order valence-corrected chi connectivity index (χ3v) is 4.18. The molecule has 0 unspecified atom stereocenters. The number of benzene rings is 3. The van der Waals surface area contributed by atoms with Crippen LogP contribution in [0.15, 0.2) is 77.9 Å². The molecule has 0 radical (unpaired) electrons. The quantitative estimate of drug-likeness (QED) is 0.372. The molecule has 2 N–H and O–H groups in total. The first-order valence-corrected chi connectivity index (χ1v) is 9.18. The maximum Gasteiger partial charge on any atom is 0.329 e. The fourth-order valence-electron chi connectivity index (χ4n) is 2.51. The Hall–Kier alpha value is -4.00. The summed E-state index contributed by atoms with van der Waals surface area (Å²) in [5.74, 6) is -1.32. The summed E-state index contributed by atoms with van der Waals surface area (Å²) in [4.78, 5) is 23.8. The van der Waals surface area contributed by atoms with Crippen LogP contribution in [0.25, 0.3) is 0 Å². The highest BCUT2D eigenvalue weighted by Gasteiger charge is 2.13. The van der Waals surface area contributed by atoms with Crippen molar-refractivity contribution in [2.45, 2.75) is 13.5 Å². The van der Waals surface area contributed by atoms with Crippen molar-refractivity contribution in [2.75, 3.05) is 5.32 Å². The first-order valence-electron chi connectivity index (χ1n) is 9.18. The first kappa shape index (κ1) is 20.7. The molecule has 3 aromatic carbocycles. The lowest BCUT2D eigenvalue weighted by molar-refractivity contribution is -0.136. The molecular formula is C23H20FN3O3. The predicted molar refractivity (Wildman–Crippen MR) is 113 cm³/mol. The number of hydrogen-bond donors (Lipinski definition) is 2. The van der Waals surface area contributed by atoms with Gasteiger partial charge in [-0.25, -0.2) is 9.82 Å². The van der Waals surface area contributed by atoms with Gasteiger partial charge in [-0.1, -0.05) is 30.3 Å². The molecule has 3 rings (SSSR count). The summed E-state index contributed by atoms with van der Waals surface area (Å²) >= 11 is 0. The van der Waals surface area contributed by atoms with Crippen LogP contribution in [0.1, 0.15) is 16.7 Å². The van der Waals surface area contributed by atoms with Gasteiger partial charge in [0.25, 0.3) is 0 Å². The number of carbonyl (C=O) groups is 2. The Labute approximate surface area is 173 Å². The number of rotatable bonds is 6. The predicted octanol–water partition coefficient (Wildman–Crippen LogP) is 3.80. The van der Waals surface area contributed by atoms with E-state index < -0.39 is 11.8 Å². The van der Waals surface area contributed by atoms with Gasteiger partial charge in [0.1, 0.15) is 18.2 Å². The van der Waals surface area contributed by atoms with Gasteiger partial charge in [0.05, 0.1) is 6.21 Å². The van der Waals surface area contributed by atoms with Crippen molar-refractivity contribution < 1.29 is 18.7 Å². The van der Waals surface area contributed by atoms with Crippen LogP contribution in [0, 0.1) is 12.7 Å². The van der Waals surface area contributed by atoms with Gasteiger partial charge < -0.3 is 10.1 Å². The summed E-state index contributed by atoms with van der Waals surface area (Å²) in [5, 5.41) is 6.33. The van der Waals surface area contributed by atoms with Crippen LogP contribution in [0.3, 0.4) is 0 Å². The molecule has 7 heteroatoms. The zero-order chi connectivity index (χ0) is 21.3. The number of anilines is 1. The van der Waals surface area contributed by atoms with E-state index in [1.165, 1.54) is 18.3 Å². The van der Waals surface area contributed by atoms with Gasteiger partial charge in [0, 0.05) is 5.69 Å². The summed E-state index contributed by atoms with van der Waals surface area (Å²) in [6.07, 6.45) is 1.42. The van der Waals surface area contributed by atoms with Gasteiger partial charge >= 0.3 is 11.8 Å². The molecule has 0 aliphatic rings. The Morgan fingerprint density at radius 3 is 2.37 bits per heavy atom. The van der Waals surface area contributed by atoms with Crippen LogP contribution in [0.4, 0.5) is 10.1 Å². The van der Waals surface area contributed by atoms with Crippen molar-refractivity contribution in [1.29, 1.82) is 0 Å². The molecule has 0 aliphatic heterocycles. The van der Waals surface area contributed by atoms with Crippen molar-refractivity contribution in [2.24, 2.45) is 5.10 Å². The number of hydrazone groups is 1. The third kappa shape index (κ3) is 6.00. The Morgan fingerprint density at radius 2 is 1.67 bits per heavy atom. The van der Waals surface area contributed by atoms with Crippen LogP contribution in [0.5, 0.6) is 5.75 Å². The fraction of sp³-hybridized carbons (Fsp3) is 0.0870. The Bertz CT molecular complexity index is 1050. The molecule has 152 valence electrons. The number of carbonyl (C=O) groups excluding carboxylic acids is 2. The number of para-hydroxylation sites is 1. The Kier molecular flexibility index (Phi) is 6.89. The van der Waals surface area contributed by atoms with Crippen molar-refractivity contribution in [1.82, 2.24) is 5.43 Å². The second kappa shape index (κ2) is 9.97. The van der Waals surface area contributed by atoms with Gasteiger partial charge in [-0.05, 0) is 66.1 Å². The highest BCUT2D eigenvalue weighted by molar-refractivity contribution is 6.39. The van der Waals surface area contributed by atoms with Crippen LogP contribution < -0.4 is 15.5 Å². The molecule has 0 atom stereocenters. The van der Waals surface area contributed by atoms with Crippen molar-refractivity contribution in [3.63, 3.8) is 0 Å². The number of nitrogens with zero attached hydrogens (tertiary/aromatic N) is 1. The highest BCUT2D eigenvalue weighted by Crippen LogP contribution is 2.14. The number of amides is 2. The molecule has 0 spiro atoms. The second-order valence-electron chi connectivity index (χ2n) is 6.45. The monoisotopic (exact) mass is 405 g/mol. The molecule has 6 nitrogen and oxygen atoms in total. The standard InChI is InChI=1S/C23H20FN3O3/c1-16-4-2-3-5-21(16)26-22(28)23(29)27-25-14-17-8-12-20(13-9-17)30-15-18-6-10-19(24)11-7-18/h2-14H,15H2,1H3,(H,26,28)(H,27,29)/b25-14-. The van der Waals surface area contributed by atoms with Gasteiger partial charge in [0.15, 0.2) is 0 Å². The van der Waals surface area contributed by atoms with E-state index in [1.807, 2.05) is 19.1 Å². The molecule has 0 saturated heterocycles. The second-order valence-corrected chi connectivity index (χ2v) is 6.45. The molecule has 0 bridgehead atoms. The summed E-state index contributed by atoms with van der Waals surface area (Å²) in [7, 11) is 0. The average molecular weight is 405 g/mol. The number of halogens is 1. The maximum absolute atomic E-state index is 12.9. The highest BCUT2D eigenvalue weighted by atomic mass is 19.1. The van der Waals surface area contributed by atoms with E-state index in [1.54, 1.807) is 48.5 Å². The molecule has 0 saturated carbocycles. The van der Waals surface area contributed by atoms with E-state index >= 15 is 0 Å². The van der Waals surface area contributed by atoms with Gasteiger partial charge in [-0.15, -0.1) is 0 Å². The maximum atomic E-state index is 12.9. The van der Waals surface area contributed by atoms with E-state index in [4.69, 9.17) is 4.74 Å². The summed E-state index contributed by atoms with van der Waals surface area (Å²) in [5.41, 5.74) is 5.18. The molecule has 0 aliphatic carbocycles. The van der Waals surface area contributed by atoms with Crippen molar-refractivity contribution in [3.8, 4) is 5.75 Å². The Morgan fingerprint density at radius 1 is 0.967 bits per heavy atom. The summed E-state index contributed by atoms with van der Waals surface area (Å²) < 4.78 is 18.5. The first-order chi connectivity index (χ1) is 14.5. The lowest BCUT2D eigenvalue weighted by atomic mass is 10.2. The van der Waals surface area contributed by atoms with E-state index in [-0.39, 0.29) is 5.82 Å². The lowest BCUT2D eigenvalue weighted by Crippen LogP contribution is -2.32. The smallest absolute Gasteiger partial charge is 0.329 e. The third-order valence-electron chi connectivity index (χ3n) is 4.18. The van der Waals surface area contributed by atoms with Gasteiger partial charge in [0.2, 0.25) is 0 Å². The normalized spacial score (nSPS) is 10.6. The zero-order valence-corrected chi connectivity index (χ0v) is 16.3. The molecular weight excluding hydrogens is 385 g/mol. The van der Waals surface area contributed by atoms with Crippen molar-refractivity contribution in [3.05, 3.63) is 95.3 Å². The molecule has 0 heterocycles. The minimum absolute atomic E-state index is 0.290.